The van der Waals surface area contributed by atoms with Gasteiger partial charge in [-0.2, -0.15) is 13.2 Å². The molecule has 1 unspecified atom stereocenters. The number of thioether (sulfide) groups is 1. The standard InChI is InChI=1S/C10H10F3NS/c11-10(12,13)8-4-2-1-3-7(8)9-14-5-6-15-9/h1-4,9,14H,5-6H2. The van der Waals surface area contributed by atoms with Gasteiger partial charge in [-0.05, 0) is 11.6 Å². The van der Waals surface area contributed by atoms with Gasteiger partial charge in [-0.1, -0.05) is 18.2 Å². The van der Waals surface area contributed by atoms with E-state index in [1.165, 1.54) is 17.8 Å². The number of alkyl halides is 3. The van der Waals surface area contributed by atoms with Crippen molar-refractivity contribution in [1.82, 2.24) is 5.32 Å². The molecule has 1 nitrogen and oxygen atoms in total. The summed E-state index contributed by atoms with van der Waals surface area (Å²) in [6.07, 6.45) is -4.26. The largest absolute Gasteiger partial charge is 0.416 e. The lowest BCUT2D eigenvalue weighted by Crippen LogP contribution is -2.17. The van der Waals surface area contributed by atoms with Crippen LogP contribution in [0.1, 0.15) is 16.5 Å². The van der Waals surface area contributed by atoms with Crippen LogP contribution in [0.25, 0.3) is 0 Å². The molecule has 1 atom stereocenters. The van der Waals surface area contributed by atoms with Gasteiger partial charge in [0.1, 0.15) is 0 Å². The lowest BCUT2D eigenvalue weighted by molar-refractivity contribution is -0.138. The first kappa shape index (κ1) is 10.8. The van der Waals surface area contributed by atoms with Gasteiger partial charge in [0.05, 0.1) is 10.9 Å². The maximum Gasteiger partial charge on any atom is 0.416 e. The van der Waals surface area contributed by atoms with Crippen LogP contribution >= 0.6 is 11.8 Å². The molecule has 1 aromatic carbocycles. The van der Waals surface area contributed by atoms with Gasteiger partial charge < -0.3 is 5.32 Å². The van der Waals surface area contributed by atoms with Crippen molar-refractivity contribution in [2.45, 2.75) is 11.6 Å². The molecule has 1 heterocycles. The predicted octanol–water partition coefficient (Wildman–Crippen LogP) is 3.04. The zero-order valence-electron chi connectivity index (χ0n) is 7.84. The van der Waals surface area contributed by atoms with Crippen molar-refractivity contribution in [3.8, 4) is 0 Å². The highest BCUT2D eigenvalue weighted by atomic mass is 32.2. The van der Waals surface area contributed by atoms with Crippen molar-refractivity contribution in [3.05, 3.63) is 35.4 Å². The molecule has 0 amide bonds. The number of benzene rings is 1. The summed E-state index contributed by atoms with van der Waals surface area (Å²) in [5, 5.41) is 2.83. The van der Waals surface area contributed by atoms with Crippen LogP contribution < -0.4 is 5.32 Å². The third kappa shape index (κ3) is 2.29. The first-order valence-corrected chi connectivity index (χ1v) is 5.65. The molecule has 82 valence electrons. The molecule has 1 saturated heterocycles. The second kappa shape index (κ2) is 4.06. The molecule has 1 aliphatic heterocycles. The van der Waals surface area contributed by atoms with E-state index < -0.39 is 11.7 Å². The van der Waals surface area contributed by atoms with Crippen LogP contribution in [0.5, 0.6) is 0 Å². The summed E-state index contributed by atoms with van der Waals surface area (Å²) < 4.78 is 38.0. The van der Waals surface area contributed by atoms with Crippen molar-refractivity contribution < 1.29 is 13.2 Å². The summed E-state index contributed by atoms with van der Waals surface area (Å²) in [7, 11) is 0. The third-order valence-electron chi connectivity index (χ3n) is 2.26. The van der Waals surface area contributed by atoms with Gasteiger partial charge in [0.25, 0.3) is 0 Å². The van der Waals surface area contributed by atoms with Gasteiger partial charge >= 0.3 is 6.18 Å². The Balaban J connectivity index is 2.37. The van der Waals surface area contributed by atoms with E-state index in [2.05, 4.69) is 5.32 Å². The maximum atomic E-state index is 12.7. The molecular formula is C10H10F3NS. The molecule has 15 heavy (non-hydrogen) atoms. The van der Waals surface area contributed by atoms with E-state index in [-0.39, 0.29) is 5.37 Å². The molecule has 0 saturated carbocycles. The number of nitrogens with one attached hydrogen (secondary N) is 1. The molecule has 0 bridgehead atoms. The van der Waals surface area contributed by atoms with Crippen LogP contribution in [0.3, 0.4) is 0 Å². The summed E-state index contributed by atoms with van der Waals surface area (Å²) in [5.74, 6) is 0.858. The van der Waals surface area contributed by atoms with Crippen LogP contribution in [-0.2, 0) is 6.18 Å². The average Bonchev–Trinajstić information content (AvgIpc) is 2.69. The van der Waals surface area contributed by atoms with E-state index in [9.17, 15) is 13.2 Å². The van der Waals surface area contributed by atoms with Gasteiger partial charge in [0.15, 0.2) is 0 Å². The zero-order valence-corrected chi connectivity index (χ0v) is 8.66. The lowest BCUT2D eigenvalue weighted by Gasteiger charge is -2.16. The Kier molecular flexibility index (Phi) is 2.93. The monoisotopic (exact) mass is 233 g/mol. The molecule has 1 fully saturated rings. The quantitative estimate of drug-likeness (QED) is 0.800. The average molecular weight is 233 g/mol. The Morgan fingerprint density at radius 1 is 1.27 bits per heavy atom. The Morgan fingerprint density at radius 3 is 2.60 bits per heavy atom. The van der Waals surface area contributed by atoms with E-state index in [0.717, 1.165) is 18.4 Å². The fourth-order valence-corrected chi connectivity index (χ4v) is 2.70. The Bertz CT molecular complexity index is 345. The fraction of sp³-hybridized carbons (Fsp3) is 0.400. The maximum absolute atomic E-state index is 12.7. The van der Waals surface area contributed by atoms with E-state index in [1.54, 1.807) is 12.1 Å². The van der Waals surface area contributed by atoms with Crippen molar-refractivity contribution in [3.63, 3.8) is 0 Å². The molecule has 2 rings (SSSR count). The summed E-state index contributed by atoms with van der Waals surface area (Å²) >= 11 is 1.51. The number of rotatable bonds is 1. The van der Waals surface area contributed by atoms with Crippen molar-refractivity contribution in [2.24, 2.45) is 0 Å². The molecule has 1 aliphatic rings. The highest BCUT2D eigenvalue weighted by Crippen LogP contribution is 2.39. The van der Waals surface area contributed by atoms with Crippen LogP contribution in [0.2, 0.25) is 0 Å². The molecule has 5 heteroatoms. The minimum atomic E-state index is -4.26. The van der Waals surface area contributed by atoms with E-state index in [1.807, 2.05) is 0 Å². The number of hydrogen-bond acceptors (Lipinski definition) is 2. The van der Waals surface area contributed by atoms with Crippen LogP contribution in [0.15, 0.2) is 24.3 Å². The fourth-order valence-electron chi connectivity index (χ4n) is 1.61. The van der Waals surface area contributed by atoms with E-state index >= 15 is 0 Å². The Morgan fingerprint density at radius 2 is 2.00 bits per heavy atom. The third-order valence-corrected chi connectivity index (χ3v) is 3.46. The lowest BCUT2D eigenvalue weighted by atomic mass is 10.1. The van der Waals surface area contributed by atoms with E-state index in [0.29, 0.717) is 5.56 Å². The number of halogens is 3. The molecule has 0 aromatic heterocycles. The second-order valence-electron chi connectivity index (χ2n) is 3.29. The van der Waals surface area contributed by atoms with Gasteiger partial charge in [0, 0.05) is 12.3 Å². The number of hydrogen-bond donors (Lipinski definition) is 1. The van der Waals surface area contributed by atoms with Crippen molar-refractivity contribution in [1.29, 1.82) is 0 Å². The van der Waals surface area contributed by atoms with Crippen LogP contribution in [0, 0.1) is 0 Å². The Hall–Kier alpha value is -0.680. The molecule has 0 radical (unpaired) electrons. The summed E-state index contributed by atoms with van der Waals surface area (Å²) in [6.45, 7) is 0.765. The summed E-state index contributed by atoms with van der Waals surface area (Å²) in [6, 6.07) is 5.74. The SMILES string of the molecule is FC(F)(F)c1ccccc1C1NCCS1. The summed E-state index contributed by atoms with van der Waals surface area (Å²) in [4.78, 5) is 0. The molecule has 0 aliphatic carbocycles. The van der Waals surface area contributed by atoms with Crippen LogP contribution in [0.4, 0.5) is 13.2 Å². The second-order valence-corrected chi connectivity index (χ2v) is 4.50. The predicted molar refractivity (Wildman–Crippen MR) is 54.6 cm³/mol. The van der Waals surface area contributed by atoms with Crippen LogP contribution in [-0.4, -0.2) is 12.3 Å². The highest BCUT2D eigenvalue weighted by molar-refractivity contribution is 7.99. The minimum Gasteiger partial charge on any atom is -0.301 e. The summed E-state index contributed by atoms with van der Waals surface area (Å²) in [5.41, 5.74) is -0.190. The highest BCUT2D eigenvalue weighted by Gasteiger charge is 2.35. The zero-order chi connectivity index (χ0) is 10.9. The molecular weight excluding hydrogens is 223 g/mol. The first-order valence-electron chi connectivity index (χ1n) is 4.60. The molecule has 1 aromatic rings. The molecule has 0 spiro atoms. The smallest absolute Gasteiger partial charge is 0.301 e. The van der Waals surface area contributed by atoms with Crippen molar-refractivity contribution >= 4 is 11.8 Å². The van der Waals surface area contributed by atoms with E-state index in [4.69, 9.17) is 0 Å². The van der Waals surface area contributed by atoms with Gasteiger partial charge in [0.2, 0.25) is 0 Å². The Labute approximate surface area is 90.1 Å². The van der Waals surface area contributed by atoms with Crippen molar-refractivity contribution in [2.75, 3.05) is 12.3 Å². The molecule has 1 N–H and O–H groups in total. The van der Waals surface area contributed by atoms with Gasteiger partial charge in [-0.25, -0.2) is 0 Å². The minimum absolute atomic E-state index is 0.220. The van der Waals surface area contributed by atoms with Gasteiger partial charge in [-0.3, -0.25) is 0 Å². The van der Waals surface area contributed by atoms with Gasteiger partial charge in [-0.15, -0.1) is 11.8 Å². The first-order chi connectivity index (χ1) is 7.09. The normalized spacial score (nSPS) is 21.9. The topological polar surface area (TPSA) is 12.0 Å².